The molecule has 25 heavy (non-hydrogen) atoms. The van der Waals surface area contributed by atoms with Gasteiger partial charge in [0.1, 0.15) is 0 Å². The minimum atomic E-state index is -0.877. The standard InChI is InChI=1S/C15H13ClN4O5/c1-18(2)11-5-3-10(4-6-11)17-15(21)9-7-12(19(22)23)14(16)13(8-9)20(24)25/h3-8H,1-2H3,(H,17,21). The highest BCUT2D eigenvalue weighted by Crippen LogP contribution is 2.35. The SMILES string of the molecule is CN(C)c1ccc(NC(=O)c2cc([N+](=O)[O-])c(Cl)c([N+](=O)[O-])c2)cc1. The number of nitro benzene ring substituents is 2. The van der Waals surface area contributed by atoms with Crippen molar-refractivity contribution in [2.24, 2.45) is 0 Å². The fraction of sp³-hybridized carbons (Fsp3) is 0.133. The molecule has 0 fully saturated rings. The number of hydrogen-bond acceptors (Lipinski definition) is 6. The zero-order chi connectivity index (χ0) is 18.7. The van der Waals surface area contributed by atoms with Crippen LogP contribution >= 0.6 is 11.6 Å². The highest BCUT2D eigenvalue weighted by atomic mass is 35.5. The molecule has 130 valence electrons. The minimum Gasteiger partial charge on any atom is -0.378 e. The van der Waals surface area contributed by atoms with E-state index in [-0.39, 0.29) is 5.56 Å². The molecule has 0 bridgehead atoms. The summed E-state index contributed by atoms with van der Waals surface area (Å²) < 4.78 is 0. The van der Waals surface area contributed by atoms with Crippen molar-refractivity contribution in [3.8, 4) is 0 Å². The lowest BCUT2D eigenvalue weighted by molar-refractivity contribution is -0.393. The van der Waals surface area contributed by atoms with Crippen molar-refractivity contribution in [1.82, 2.24) is 0 Å². The molecule has 2 aromatic carbocycles. The highest BCUT2D eigenvalue weighted by molar-refractivity contribution is 6.35. The monoisotopic (exact) mass is 364 g/mol. The van der Waals surface area contributed by atoms with Crippen molar-refractivity contribution < 1.29 is 14.6 Å². The molecule has 1 N–H and O–H groups in total. The van der Waals surface area contributed by atoms with Crippen LogP contribution in [0.5, 0.6) is 0 Å². The molecule has 0 saturated carbocycles. The number of benzene rings is 2. The highest BCUT2D eigenvalue weighted by Gasteiger charge is 2.27. The van der Waals surface area contributed by atoms with Crippen LogP contribution in [0.25, 0.3) is 0 Å². The topological polar surface area (TPSA) is 119 Å². The summed E-state index contributed by atoms with van der Waals surface area (Å²) >= 11 is 5.66. The van der Waals surface area contributed by atoms with Crippen LogP contribution in [0.3, 0.4) is 0 Å². The first-order chi connectivity index (χ1) is 11.7. The lowest BCUT2D eigenvalue weighted by Gasteiger charge is -2.13. The second-order valence-corrected chi connectivity index (χ2v) is 5.62. The first-order valence-electron chi connectivity index (χ1n) is 6.91. The van der Waals surface area contributed by atoms with E-state index in [9.17, 15) is 25.0 Å². The van der Waals surface area contributed by atoms with Gasteiger partial charge in [-0.1, -0.05) is 11.6 Å². The largest absolute Gasteiger partial charge is 0.378 e. The number of hydrogen-bond donors (Lipinski definition) is 1. The zero-order valence-electron chi connectivity index (χ0n) is 13.2. The predicted molar refractivity (Wildman–Crippen MR) is 93.5 cm³/mol. The van der Waals surface area contributed by atoms with Crippen molar-refractivity contribution in [3.63, 3.8) is 0 Å². The Balaban J connectivity index is 2.35. The molecule has 1 amide bonds. The number of halogens is 1. The first kappa shape index (κ1) is 18.1. The van der Waals surface area contributed by atoms with Crippen LogP contribution in [-0.4, -0.2) is 29.8 Å². The van der Waals surface area contributed by atoms with Crippen molar-refractivity contribution in [3.05, 3.63) is 67.2 Å². The quantitative estimate of drug-likeness (QED) is 0.640. The summed E-state index contributed by atoms with van der Waals surface area (Å²) in [5.74, 6) is -0.722. The molecule has 10 heteroatoms. The van der Waals surface area contributed by atoms with Gasteiger partial charge in [-0.25, -0.2) is 0 Å². The molecule has 0 aliphatic heterocycles. The lowest BCUT2D eigenvalue weighted by Crippen LogP contribution is -2.13. The van der Waals surface area contributed by atoms with E-state index in [1.165, 1.54) is 0 Å². The average molecular weight is 365 g/mol. The van der Waals surface area contributed by atoms with Gasteiger partial charge >= 0.3 is 0 Å². The summed E-state index contributed by atoms with van der Waals surface area (Å²) in [5, 5.41) is 23.9. The number of nitrogens with one attached hydrogen (secondary N) is 1. The molecule has 2 rings (SSSR count). The van der Waals surface area contributed by atoms with Crippen LogP contribution in [0, 0.1) is 20.2 Å². The van der Waals surface area contributed by atoms with Crippen LogP contribution in [-0.2, 0) is 0 Å². The molecule has 0 heterocycles. The third-order valence-corrected chi connectivity index (χ3v) is 3.72. The van der Waals surface area contributed by atoms with Crippen LogP contribution in [0.2, 0.25) is 5.02 Å². The lowest BCUT2D eigenvalue weighted by atomic mass is 10.1. The van der Waals surface area contributed by atoms with Gasteiger partial charge in [0.15, 0.2) is 5.02 Å². The Hall–Kier alpha value is -3.20. The summed E-state index contributed by atoms with van der Waals surface area (Å²) in [4.78, 5) is 34.4. The Morgan fingerprint density at radius 1 is 1.04 bits per heavy atom. The molecule has 0 saturated heterocycles. The van der Waals surface area contributed by atoms with Crippen LogP contribution in [0.1, 0.15) is 10.4 Å². The molecular weight excluding hydrogens is 352 g/mol. The molecule has 0 aliphatic carbocycles. The fourth-order valence-electron chi connectivity index (χ4n) is 2.04. The van der Waals surface area contributed by atoms with Crippen LogP contribution < -0.4 is 10.2 Å². The van der Waals surface area contributed by atoms with Crippen LogP contribution in [0.15, 0.2) is 36.4 Å². The van der Waals surface area contributed by atoms with E-state index in [0.29, 0.717) is 5.69 Å². The average Bonchev–Trinajstić information content (AvgIpc) is 2.54. The van der Waals surface area contributed by atoms with Gasteiger partial charge in [-0.15, -0.1) is 0 Å². The number of carbonyl (C=O) groups is 1. The minimum absolute atomic E-state index is 0.237. The summed E-state index contributed by atoms with van der Waals surface area (Å²) in [6.45, 7) is 0. The molecule has 0 aromatic heterocycles. The van der Waals surface area contributed by atoms with Gasteiger partial charge in [0.05, 0.1) is 15.4 Å². The van der Waals surface area contributed by atoms with E-state index >= 15 is 0 Å². The van der Waals surface area contributed by atoms with E-state index in [4.69, 9.17) is 11.6 Å². The molecule has 0 aliphatic rings. The van der Waals surface area contributed by atoms with Crippen molar-refractivity contribution in [2.75, 3.05) is 24.3 Å². The Labute approximate surface area is 147 Å². The van der Waals surface area contributed by atoms with Crippen LogP contribution in [0.4, 0.5) is 22.7 Å². The number of carbonyl (C=O) groups excluding carboxylic acids is 1. The Kier molecular flexibility index (Phi) is 5.18. The van der Waals surface area contributed by atoms with Gasteiger partial charge in [0.25, 0.3) is 17.3 Å². The molecule has 2 aromatic rings. The smallest absolute Gasteiger partial charge is 0.295 e. The maximum Gasteiger partial charge on any atom is 0.295 e. The van der Waals surface area contributed by atoms with Gasteiger partial charge in [0.2, 0.25) is 0 Å². The van der Waals surface area contributed by atoms with Gasteiger partial charge in [-0.3, -0.25) is 25.0 Å². The normalized spacial score (nSPS) is 10.2. The summed E-state index contributed by atoms with van der Waals surface area (Å²) in [5.41, 5.74) is -0.293. The summed E-state index contributed by atoms with van der Waals surface area (Å²) in [6, 6.07) is 8.63. The molecule has 9 nitrogen and oxygen atoms in total. The molecule has 0 spiro atoms. The first-order valence-corrected chi connectivity index (χ1v) is 7.29. The maximum absolute atomic E-state index is 12.3. The summed E-state index contributed by atoms with van der Waals surface area (Å²) in [7, 11) is 3.72. The molecule has 0 unspecified atom stereocenters. The number of anilines is 2. The van der Waals surface area contributed by atoms with Gasteiger partial charge < -0.3 is 10.2 Å². The number of rotatable bonds is 5. The van der Waals surface area contributed by atoms with Gasteiger partial charge in [-0.05, 0) is 24.3 Å². The van der Waals surface area contributed by atoms with E-state index in [0.717, 1.165) is 17.8 Å². The second-order valence-electron chi connectivity index (χ2n) is 5.24. The number of amides is 1. The Morgan fingerprint density at radius 3 is 1.92 bits per heavy atom. The number of nitrogens with zero attached hydrogens (tertiary/aromatic N) is 3. The van der Waals surface area contributed by atoms with E-state index in [1.807, 2.05) is 19.0 Å². The third-order valence-electron chi connectivity index (χ3n) is 3.33. The Morgan fingerprint density at radius 2 is 1.52 bits per heavy atom. The molecular formula is C15H13ClN4O5. The van der Waals surface area contributed by atoms with E-state index in [1.54, 1.807) is 24.3 Å². The van der Waals surface area contributed by atoms with Crippen molar-refractivity contribution >= 4 is 40.3 Å². The van der Waals surface area contributed by atoms with E-state index < -0.39 is 32.2 Å². The Bertz CT molecular complexity index is 816. The third kappa shape index (κ3) is 4.01. The number of nitro groups is 2. The van der Waals surface area contributed by atoms with E-state index in [2.05, 4.69) is 5.32 Å². The zero-order valence-corrected chi connectivity index (χ0v) is 14.0. The maximum atomic E-state index is 12.3. The molecule has 0 atom stereocenters. The second kappa shape index (κ2) is 7.14. The molecule has 0 radical (unpaired) electrons. The van der Waals surface area contributed by atoms with Gasteiger partial charge in [-0.2, -0.15) is 0 Å². The fourth-order valence-corrected chi connectivity index (χ4v) is 2.28. The van der Waals surface area contributed by atoms with Crippen molar-refractivity contribution in [2.45, 2.75) is 0 Å². The van der Waals surface area contributed by atoms with Gasteiger partial charge in [0, 0.05) is 37.6 Å². The summed E-state index contributed by atoms with van der Waals surface area (Å²) in [6.07, 6.45) is 0. The predicted octanol–water partition coefficient (Wildman–Crippen LogP) is 3.47. The van der Waals surface area contributed by atoms with Crippen molar-refractivity contribution in [1.29, 1.82) is 0 Å².